The van der Waals surface area contributed by atoms with Crippen LogP contribution in [0.5, 0.6) is 0 Å². The van der Waals surface area contributed by atoms with E-state index < -0.39 is 0 Å². The van der Waals surface area contributed by atoms with E-state index in [1.165, 1.54) is 35.5 Å². The summed E-state index contributed by atoms with van der Waals surface area (Å²) in [5.74, 6) is 0. The fourth-order valence-corrected chi connectivity index (χ4v) is 9.59. The van der Waals surface area contributed by atoms with Crippen LogP contribution in [-0.2, 0) is 12.8 Å². The second-order valence-electron chi connectivity index (χ2n) is 10.4. The Balaban J connectivity index is 1.75. The molecule has 3 aromatic carbocycles. The van der Waals surface area contributed by atoms with Gasteiger partial charge in [-0.05, 0) is 12.8 Å². The number of rotatable bonds is 12. The molecule has 5 rings (SSSR count). The monoisotopic (exact) mass is 786 g/mol. The molecular formula is C30H26Cl8N4S2. The minimum absolute atomic E-state index is 0.115. The number of halogens is 8. The molecule has 0 spiro atoms. The molecule has 14 heteroatoms. The number of fused-ring (bicyclic) bond motifs is 3. The summed E-state index contributed by atoms with van der Waals surface area (Å²) < 4.78 is 0. The highest BCUT2D eigenvalue weighted by molar-refractivity contribution is 7.15. The van der Waals surface area contributed by atoms with E-state index in [1.54, 1.807) is 0 Å². The minimum atomic E-state index is 0.115. The SMILES string of the molecule is CCCCCCc1nnc(-c2c(Cl)c(Cl)c3c(Cl)c(Cl)c4c(-c5nnc(CCCCCC)s5)c(Cl)c(Cl)c(Cl)c4c3c2Cl)s1. The van der Waals surface area contributed by atoms with Crippen molar-refractivity contribution < 1.29 is 0 Å². The lowest BCUT2D eigenvalue weighted by atomic mass is 9.96. The third kappa shape index (κ3) is 6.65. The zero-order valence-corrected chi connectivity index (χ0v) is 31.4. The van der Waals surface area contributed by atoms with Gasteiger partial charge in [-0.2, -0.15) is 0 Å². The molecule has 5 aromatic rings. The Morgan fingerprint density at radius 2 is 0.841 bits per heavy atom. The summed E-state index contributed by atoms with van der Waals surface area (Å²) in [6, 6.07) is 0. The number of aromatic nitrogens is 4. The summed E-state index contributed by atoms with van der Waals surface area (Å²) in [5, 5.41) is 23.5. The largest absolute Gasteiger partial charge is 0.150 e. The third-order valence-electron chi connectivity index (χ3n) is 7.38. The van der Waals surface area contributed by atoms with Gasteiger partial charge < -0.3 is 0 Å². The number of unbranched alkanes of at least 4 members (excludes halogenated alkanes) is 6. The first-order chi connectivity index (χ1) is 21.1. The van der Waals surface area contributed by atoms with Gasteiger partial charge in [0, 0.05) is 39.9 Å². The lowest BCUT2D eigenvalue weighted by Crippen LogP contribution is -1.94. The average Bonchev–Trinajstić information content (AvgIpc) is 3.67. The summed E-state index contributed by atoms with van der Waals surface area (Å²) >= 11 is 58.3. The highest BCUT2D eigenvalue weighted by Crippen LogP contribution is 2.57. The van der Waals surface area contributed by atoms with Gasteiger partial charge >= 0.3 is 0 Å². The van der Waals surface area contributed by atoms with E-state index in [0.29, 0.717) is 42.7 Å². The van der Waals surface area contributed by atoms with Crippen LogP contribution in [0, 0.1) is 0 Å². The molecule has 4 nitrogen and oxygen atoms in total. The van der Waals surface area contributed by atoms with Crippen molar-refractivity contribution in [2.24, 2.45) is 0 Å². The Hall–Kier alpha value is -0.380. The normalized spacial score (nSPS) is 11.9. The molecule has 0 aliphatic heterocycles. The molecule has 0 fully saturated rings. The average molecular weight is 790 g/mol. The van der Waals surface area contributed by atoms with Crippen LogP contribution >= 0.6 is 115 Å². The molecule has 0 aliphatic carbocycles. The van der Waals surface area contributed by atoms with Crippen molar-refractivity contribution in [3.63, 3.8) is 0 Å². The van der Waals surface area contributed by atoms with Crippen molar-refractivity contribution in [2.45, 2.75) is 78.1 Å². The van der Waals surface area contributed by atoms with Gasteiger partial charge in [0.15, 0.2) is 5.01 Å². The van der Waals surface area contributed by atoms with Gasteiger partial charge in [0.1, 0.15) is 15.0 Å². The maximum absolute atomic E-state index is 7.19. The zero-order valence-electron chi connectivity index (χ0n) is 23.7. The van der Waals surface area contributed by atoms with Crippen molar-refractivity contribution >= 4 is 137 Å². The molecule has 0 bridgehead atoms. The molecule has 0 amide bonds. The zero-order chi connectivity index (χ0) is 31.7. The van der Waals surface area contributed by atoms with Gasteiger partial charge in [-0.25, -0.2) is 0 Å². The van der Waals surface area contributed by atoms with Crippen LogP contribution in [0.25, 0.3) is 42.7 Å². The summed E-state index contributed by atoms with van der Waals surface area (Å²) in [5.41, 5.74) is 0.896. The second kappa shape index (κ2) is 15.2. The fraction of sp³-hybridized carbons (Fsp3) is 0.400. The van der Waals surface area contributed by atoms with Crippen LogP contribution in [0.4, 0.5) is 0 Å². The quantitative estimate of drug-likeness (QED) is 0.0547. The van der Waals surface area contributed by atoms with Crippen molar-refractivity contribution in [3.05, 3.63) is 50.2 Å². The highest BCUT2D eigenvalue weighted by atomic mass is 35.5. The fourth-order valence-electron chi connectivity index (χ4n) is 5.14. The van der Waals surface area contributed by atoms with Crippen LogP contribution in [0.15, 0.2) is 0 Å². The standard InChI is InChI=1S/C30H26Cl8N4S2/c1-3-5-7-9-11-13-39-41-29(43-13)19-17-15(23(33)28(38)26(19)36)16-18(24(34)22(17)32)25(35)27(37)20(21(16)31)30-42-40-14(44-30)12-10-8-6-4-2/h3-12H2,1-2H3. The van der Waals surface area contributed by atoms with Crippen LogP contribution in [-0.4, -0.2) is 20.4 Å². The van der Waals surface area contributed by atoms with Gasteiger partial charge in [0.25, 0.3) is 0 Å². The molecule has 0 N–H and O–H groups in total. The Bertz CT molecular complexity index is 1850. The maximum Gasteiger partial charge on any atom is 0.150 e. The first kappa shape index (κ1) is 34.9. The summed E-state index contributed by atoms with van der Waals surface area (Å²) in [6.45, 7) is 4.35. The van der Waals surface area contributed by atoms with Crippen LogP contribution < -0.4 is 0 Å². The summed E-state index contributed by atoms with van der Waals surface area (Å²) in [6.07, 6.45) is 10.5. The van der Waals surface area contributed by atoms with E-state index in [1.807, 2.05) is 0 Å². The number of hydrogen-bond donors (Lipinski definition) is 0. The molecule has 0 saturated heterocycles. The molecule has 0 atom stereocenters. The predicted molar refractivity (Wildman–Crippen MR) is 195 cm³/mol. The molecule has 0 aliphatic rings. The van der Waals surface area contributed by atoms with E-state index in [4.69, 9.17) is 92.8 Å². The summed E-state index contributed by atoms with van der Waals surface area (Å²) in [7, 11) is 0. The highest BCUT2D eigenvalue weighted by Gasteiger charge is 2.30. The smallest absolute Gasteiger partial charge is 0.143 e. The second-order valence-corrected chi connectivity index (χ2v) is 15.5. The van der Waals surface area contributed by atoms with E-state index in [2.05, 4.69) is 34.2 Å². The van der Waals surface area contributed by atoms with Crippen LogP contribution in [0.3, 0.4) is 0 Å². The molecule has 44 heavy (non-hydrogen) atoms. The molecular weight excluding hydrogens is 764 g/mol. The van der Waals surface area contributed by atoms with Crippen LogP contribution in [0.1, 0.15) is 75.2 Å². The van der Waals surface area contributed by atoms with E-state index in [-0.39, 0.29) is 40.2 Å². The Morgan fingerprint density at radius 3 is 1.39 bits per heavy atom. The summed E-state index contributed by atoms with van der Waals surface area (Å²) in [4.78, 5) is 0. The van der Waals surface area contributed by atoms with Crippen molar-refractivity contribution in [1.82, 2.24) is 20.4 Å². The van der Waals surface area contributed by atoms with Gasteiger partial charge in [-0.15, -0.1) is 20.4 Å². The van der Waals surface area contributed by atoms with E-state index in [9.17, 15) is 0 Å². The molecule has 0 unspecified atom stereocenters. The van der Waals surface area contributed by atoms with Crippen molar-refractivity contribution in [3.8, 4) is 21.1 Å². The van der Waals surface area contributed by atoms with Crippen molar-refractivity contribution in [2.75, 3.05) is 0 Å². The number of hydrogen-bond acceptors (Lipinski definition) is 6. The Morgan fingerprint density at radius 1 is 0.409 bits per heavy atom. The first-order valence-corrected chi connectivity index (χ1v) is 18.9. The van der Waals surface area contributed by atoms with Gasteiger partial charge in [0.05, 0.1) is 45.7 Å². The third-order valence-corrected chi connectivity index (χ3v) is 12.8. The molecule has 234 valence electrons. The lowest BCUT2D eigenvalue weighted by molar-refractivity contribution is 0.663. The molecule has 0 saturated carbocycles. The Labute approximate surface area is 304 Å². The van der Waals surface area contributed by atoms with Crippen LogP contribution in [0.2, 0.25) is 40.2 Å². The first-order valence-electron chi connectivity index (χ1n) is 14.2. The maximum atomic E-state index is 7.19. The molecule has 2 heterocycles. The molecule has 0 radical (unpaired) electrons. The van der Waals surface area contributed by atoms with Gasteiger partial charge in [0.2, 0.25) is 0 Å². The van der Waals surface area contributed by atoms with E-state index >= 15 is 0 Å². The van der Waals surface area contributed by atoms with Gasteiger partial charge in [-0.3, -0.25) is 0 Å². The van der Waals surface area contributed by atoms with E-state index in [0.717, 1.165) is 61.4 Å². The predicted octanol–water partition coefficient (Wildman–Crippen LogP) is 14.5. The number of aryl methyl sites for hydroxylation is 2. The number of nitrogens with zero attached hydrogens (tertiary/aromatic N) is 4. The van der Waals surface area contributed by atoms with Crippen molar-refractivity contribution in [1.29, 1.82) is 0 Å². The lowest BCUT2D eigenvalue weighted by Gasteiger charge is -2.20. The number of benzene rings is 3. The minimum Gasteiger partial charge on any atom is -0.143 e. The molecule has 2 aromatic heterocycles. The van der Waals surface area contributed by atoms with Gasteiger partial charge in [-0.1, -0.05) is 168 Å². The Kier molecular flexibility index (Phi) is 12.1. The topological polar surface area (TPSA) is 51.6 Å².